The maximum atomic E-state index is 12.5. The van der Waals surface area contributed by atoms with Crippen LogP contribution in [0.3, 0.4) is 0 Å². The van der Waals surface area contributed by atoms with E-state index in [1.54, 1.807) is 18.0 Å². The zero-order valence-electron chi connectivity index (χ0n) is 13.5. The number of hydrogen-bond acceptors (Lipinski definition) is 4. The summed E-state index contributed by atoms with van der Waals surface area (Å²) in [7, 11) is 0. The summed E-state index contributed by atoms with van der Waals surface area (Å²) in [6, 6.07) is 1.79. The van der Waals surface area contributed by atoms with Crippen molar-refractivity contribution in [3.63, 3.8) is 0 Å². The summed E-state index contributed by atoms with van der Waals surface area (Å²) in [6.45, 7) is 8.68. The summed E-state index contributed by atoms with van der Waals surface area (Å²) < 4.78 is 1.85. The van der Waals surface area contributed by atoms with Crippen LogP contribution in [-0.4, -0.2) is 69.7 Å². The summed E-state index contributed by atoms with van der Waals surface area (Å²) >= 11 is 0. The Morgan fingerprint density at radius 1 is 1.18 bits per heavy atom. The number of nitrogens with one attached hydrogen (secondary N) is 1. The zero-order valence-corrected chi connectivity index (χ0v) is 13.5. The van der Waals surface area contributed by atoms with Crippen LogP contribution >= 0.6 is 0 Å². The van der Waals surface area contributed by atoms with Gasteiger partial charge in [-0.2, -0.15) is 5.10 Å². The molecule has 1 saturated heterocycles. The van der Waals surface area contributed by atoms with Gasteiger partial charge in [0, 0.05) is 51.5 Å². The Hall–Kier alpha value is -1.89. The van der Waals surface area contributed by atoms with Gasteiger partial charge in [-0.1, -0.05) is 0 Å². The van der Waals surface area contributed by atoms with E-state index in [9.17, 15) is 9.59 Å². The molecular formula is C15H25N5O2. The van der Waals surface area contributed by atoms with E-state index < -0.39 is 0 Å². The molecule has 22 heavy (non-hydrogen) atoms. The quantitative estimate of drug-likeness (QED) is 0.827. The highest BCUT2D eigenvalue weighted by molar-refractivity contribution is 5.82. The van der Waals surface area contributed by atoms with Crippen molar-refractivity contribution in [1.29, 1.82) is 0 Å². The summed E-state index contributed by atoms with van der Waals surface area (Å²) in [6.07, 6.45) is 3.65. The van der Waals surface area contributed by atoms with E-state index in [-0.39, 0.29) is 23.9 Å². The lowest BCUT2D eigenvalue weighted by molar-refractivity contribution is -0.139. The molecule has 1 aromatic rings. The molecule has 2 heterocycles. The highest BCUT2D eigenvalue weighted by Gasteiger charge is 2.26. The molecule has 1 N–H and O–H groups in total. The van der Waals surface area contributed by atoms with Gasteiger partial charge in [0.1, 0.15) is 0 Å². The average molecular weight is 307 g/mol. The molecule has 0 aromatic carbocycles. The molecule has 2 amide bonds. The molecule has 0 spiro atoms. The number of carbonyl (C=O) groups is 2. The minimum absolute atomic E-state index is 0.0751. The summed E-state index contributed by atoms with van der Waals surface area (Å²) in [5.41, 5.74) is 0. The van der Waals surface area contributed by atoms with Crippen molar-refractivity contribution in [2.45, 2.75) is 39.4 Å². The summed E-state index contributed by atoms with van der Waals surface area (Å²) in [5, 5.41) is 7.48. The molecule has 2 rings (SSSR count). The highest BCUT2D eigenvalue weighted by Crippen LogP contribution is 2.05. The van der Waals surface area contributed by atoms with Gasteiger partial charge in [0.2, 0.25) is 11.8 Å². The smallest absolute Gasteiger partial charge is 0.239 e. The Labute approximate surface area is 131 Å². The number of hydrogen-bond donors (Lipinski definition) is 1. The third kappa shape index (κ3) is 4.30. The van der Waals surface area contributed by atoms with Crippen molar-refractivity contribution in [1.82, 2.24) is 24.9 Å². The van der Waals surface area contributed by atoms with Crippen LogP contribution in [0.25, 0.3) is 0 Å². The Morgan fingerprint density at radius 3 is 2.36 bits per heavy atom. The average Bonchev–Trinajstić information content (AvgIpc) is 2.99. The van der Waals surface area contributed by atoms with E-state index in [4.69, 9.17) is 0 Å². The van der Waals surface area contributed by atoms with Gasteiger partial charge in [-0.05, 0) is 19.9 Å². The minimum atomic E-state index is -0.241. The molecule has 0 unspecified atom stereocenters. The number of piperazine rings is 1. The van der Waals surface area contributed by atoms with Gasteiger partial charge in [0.05, 0.1) is 12.6 Å². The second-order valence-electron chi connectivity index (χ2n) is 5.85. The number of carbonyl (C=O) groups excluding carboxylic acids is 2. The lowest BCUT2D eigenvalue weighted by Crippen LogP contribution is -2.55. The van der Waals surface area contributed by atoms with Crippen LogP contribution in [0.5, 0.6) is 0 Å². The van der Waals surface area contributed by atoms with E-state index in [1.165, 1.54) is 0 Å². The molecule has 122 valence electrons. The Bertz CT molecular complexity index is 494. The van der Waals surface area contributed by atoms with Crippen LogP contribution < -0.4 is 5.32 Å². The second kappa shape index (κ2) is 7.40. The fraction of sp³-hybridized carbons (Fsp3) is 0.667. The molecule has 1 aromatic heterocycles. The number of amides is 2. The van der Waals surface area contributed by atoms with Gasteiger partial charge in [-0.3, -0.25) is 14.3 Å². The molecule has 7 nitrogen and oxygen atoms in total. The van der Waals surface area contributed by atoms with Gasteiger partial charge < -0.3 is 15.1 Å². The van der Waals surface area contributed by atoms with Gasteiger partial charge in [-0.25, -0.2) is 0 Å². The molecule has 2 atom stereocenters. The normalized spacial score (nSPS) is 18.1. The third-order valence-electron chi connectivity index (χ3n) is 3.96. The van der Waals surface area contributed by atoms with Gasteiger partial charge in [0.15, 0.2) is 0 Å². The fourth-order valence-corrected chi connectivity index (χ4v) is 2.76. The monoisotopic (exact) mass is 307 g/mol. The van der Waals surface area contributed by atoms with Gasteiger partial charge in [-0.15, -0.1) is 0 Å². The van der Waals surface area contributed by atoms with E-state index in [1.807, 2.05) is 35.7 Å². The largest absolute Gasteiger partial charge is 0.339 e. The Balaban J connectivity index is 1.78. The first-order valence-electron chi connectivity index (χ1n) is 7.75. The Kier molecular flexibility index (Phi) is 5.54. The van der Waals surface area contributed by atoms with Gasteiger partial charge >= 0.3 is 0 Å². The van der Waals surface area contributed by atoms with Crippen molar-refractivity contribution in [2.75, 3.05) is 26.2 Å². The molecule has 0 bridgehead atoms. The van der Waals surface area contributed by atoms with Crippen molar-refractivity contribution in [2.24, 2.45) is 0 Å². The van der Waals surface area contributed by atoms with Crippen LogP contribution in [0.15, 0.2) is 18.5 Å². The molecule has 0 saturated carbocycles. The standard InChI is InChI=1S/C15H25N5O2/c1-12(11-20-6-4-5-16-20)17-13(2)15(22)19-9-7-18(8-10-19)14(3)21/h4-6,12-13,17H,7-11H2,1-3H3/t12-,13-/m0/s1. The van der Waals surface area contributed by atoms with Gasteiger partial charge in [0.25, 0.3) is 0 Å². The molecule has 1 fully saturated rings. The van der Waals surface area contributed by atoms with Crippen LogP contribution in [0.2, 0.25) is 0 Å². The topological polar surface area (TPSA) is 70.5 Å². The molecule has 0 aliphatic carbocycles. The van der Waals surface area contributed by atoms with Crippen LogP contribution in [-0.2, 0) is 16.1 Å². The lowest BCUT2D eigenvalue weighted by atomic mass is 10.2. The van der Waals surface area contributed by atoms with Crippen molar-refractivity contribution < 1.29 is 9.59 Å². The second-order valence-corrected chi connectivity index (χ2v) is 5.85. The zero-order chi connectivity index (χ0) is 16.1. The van der Waals surface area contributed by atoms with Crippen LogP contribution in [0.4, 0.5) is 0 Å². The number of rotatable bonds is 5. The molecule has 7 heteroatoms. The van der Waals surface area contributed by atoms with Crippen LogP contribution in [0, 0.1) is 0 Å². The van der Waals surface area contributed by atoms with E-state index in [0.717, 1.165) is 6.54 Å². The maximum Gasteiger partial charge on any atom is 0.239 e. The third-order valence-corrected chi connectivity index (χ3v) is 3.96. The predicted molar refractivity (Wildman–Crippen MR) is 83.1 cm³/mol. The lowest BCUT2D eigenvalue weighted by Gasteiger charge is -2.36. The highest BCUT2D eigenvalue weighted by atomic mass is 16.2. The van der Waals surface area contributed by atoms with Crippen LogP contribution in [0.1, 0.15) is 20.8 Å². The molecule has 1 aliphatic rings. The first kappa shape index (κ1) is 16.5. The first-order valence-corrected chi connectivity index (χ1v) is 7.75. The maximum absolute atomic E-state index is 12.5. The van der Waals surface area contributed by atoms with Crippen molar-refractivity contribution in [3.8, 4) is 0 Å². The van der Waals surface area contributed by atoms with E-state index in [2.05, 4.69) is 10.4 Å². The SMILES string of the molecule is CC(=O)N1CCN(C(=O)[C@H](C)N[C@@H](C)Cn2cccn2)CC1. The molecule has 1 aliphatic heterocycles. The van der Waals surface area contributed by atoms with E-state index >= 15 is 0 Å². The van der Waals surface area contributed by atoms with Crippen molar-refractivity contribution in [3.05, 3.63) is 18.5 Å². The number of aromatic nitrogens is 2. The van der Waals surface area contributed by atoms with E-state index in [0.29, 0.717) is 26.2 Å². The molecular weight excluding hydrogens is 282 g/mol. The Morgan fingerprint density at radius 2 is 1.82 bits per heavy atom. The predicted octanol–water partition coefficient (Wildman–Crippen LogP) is -0.0596. The molecule has 0 radical (unpaired) electrons. The summed E-state index contributed by atoms with van der Waals surface area (Å²) in [4.78, 5) is 27.4. The number of nitrogens with zero attached hydrogens (tertiary/aromatic N) is 4. The van der Waals surface area contributed by atoms with Crippen molar-refractivity contribution >= 4 is 11.8 Å². The first-order chi connectivity index (χ1) is 10.5. The fourth-order valence-electron chi connectivity index (χ4n) is 2.76. The minimum Gasteiger partial charge on any atom is -0.339 e. The summed E-state index contributed by atoms with van der Waals surface area (Å²) in [5.74, 6) is 0.168.